The number of benzene rings is 3. The summed E-state index contributed by atoms with van der Waals surface area (Å²) >= 11 is 0. The van der Waals surface area contributed by atoms with E-state index in [2.05, 4.69) is 0 Å². The van der Waals surface area contributed by atoms with Crippen LogP contribution in [0.15, 0.2) is 102 Å². The number of aliphatic hydroxyl groups excluding tert-OH is 1. The molecule has 7 heteroatoms. The van der Waals surface area contributed by atoms with E-state index >= 15 is 0 Å². The average Bonchev–Trinajstić information content (AvgIpc) is 3.09. The molecule has 0 bridgehead atoms. The van der Waals surface area contributed by atoms with Gasteiger partial charge in [-0.3, -0.25) is 24.6 Å². The van der Waals surface area contributed by atoms with Crippen molar-refractivity contribution in [3.8, 4) is 0 Å². The SMILES string of the molecule is O=C(/C=C/c1ccccc1)C1=C(O)C(=O)N(c2ccccc2)[C@H]1c1cccc([N+](=O)[O-])c1. The van der Waals surface area contributed by atoms with E-state index in [4.69, 9.17) is 0 Å². The maximum absolute atomic E-state index is 13.1. The molecule has 1 aliphatic rings. The Bertz CT molecular complexity index is 1250. The third kappa shape index (κ3) is 3.91. The third-order valence-corrected chi connectivity index (χ3v) is 5.13. The minimum atomic E-state index is -1.02. The van der Waals surface area contributed by atoms with Crippen molar-refractivity contribution < 1.29 is 19.6 Å². The first-order valence-corrected chi connectivity index (χ1v) is 9.81. The highest BCUT2D eigenvalue weighted by Crippen LogP contribution is 2.41. The van der Waals surface area contributed by atoms with Crippen molar-refractivity contribution in [3.63, 3.8) is 0 Å². The topological polar surface area (TPSA) is 101 Å². The van der Waals surface area contributed by atoms with Gasteiger partial charge in [0.1, 0.15) is 0 Å². The van der Waals surface area contributed by atoms with E-state index in [1.165, 1.54) is 29.2 Å². The van der Waals surface area contributed by atoms with Crippen LogP contribution in [-0.2, 0) is 9.59 Å². The second kappa shape index (κ2) is 8.69. The van der Waals surface area contributed by atoms with Crippen LogP contribution < -0.4 is 4.90 Å². The number of ketones is 1. The lowest BCUT2D eigenvalue weighted by Gasteiger charge is -2.26. The summed E-state index contributed by atoms with van der Waals surface area (Å²) in [5.41, 5.74) is 1.26. The average molecular weight is 426 g/mol. The minimum absolute atomic E-state index is 0.133. The molecule has 1 N–H and O–H groups in total. The van der Waals surface area contributed by atoms with E-state index in [1.54, 1.807) is 42.5 Å². The van der Waals surface area contributed by atoms with Crippen LogP contribution in [0.3, 0.4) is 0 Å². The van der Waals surface area contributed by atoms with E-state index in [1.807, 2.05) is 30.3 Å². The summed E-state index contributed by atoms with van der Waals surface area (Å²) in [6.45, 7) is 0. The van der Waals surface area contributed by atoms with E-state index in [0.29, 0.717) is 11.3 Å². The highest BCUT2D eigenvalue weighted by atomic mass is 16.6. The van der Waals surface area contributed by atoms with Gasteiger partial charge in [0.05, 0.1) is 16.5 Å². The smallest absolute Gasteiger partial charge is 0.294 e. The Morgan fingerprint density at radius 1 is 0.969 bits per heavy atom. The van der Waals surface area contributed by atoms with Gasteiger partial charge in [0, 0.05) is 17.8 Å². The fourth-order valence-electron chi connectivity index (χ4n) is 3.66. The fourth-order valence-corrected chi connectivity index (χ4v) is 3.66. The summed E-state index contributed by atoms with van der Waals surface area (Å²) in [5, 5.41) is 22.0. The predicted octanol–water partition coefficient (Wildman–Crippen LogP) is 4.78. The van der Waals surface area contributed by atoms with Crippen LogP contribution in [0.1, 0.15) is 17.2 Å². The molecule has 158 valence electrons. The molecule has 7 nitrogen and oxygen atoms in total. The number of hydrogen-bond donors (Lipinski definition) is 1. The number of allylic oxidation sites excluding steroid dienone is 1. The molecule has 32 heavy (non-hydrogen) atoms. The molecule has 4 rings (SSSR count). The molecule has 3 aromatic rings. The van der Waals surface area contributed by atoms with Crippen LogP contribution in [0.2, 0.25) is 0 Å². The van der Waals surface area contributed by atoms with Crippen molar-refractivity contribution in [2.24, 2.45) is 0 Å². The van der Waals surface area contributed by atoms with Crippen LogP contribution in [0, 0.1) is 10.1 Å². The predicted molar refractivity (Wildman–Crippen MR) is 120 cm³/mol. The molecule has 3 aromatic carbocycles. The number of rotatable bonds is 6. The summed E-state index contributed by atoms with van der Waals surface area (Å²) in [5.74, 6) is -1.98. The number of aliphatic hydroxyl groups is 1. The molecule has 0 radical (unpaired) electrons. The van der Waals surface area contributed by atoms with E-state index in [-0.39, 0.29) is 11.3 Å². The quantitative estimate of drug-likeness (QED) is 0.347. The van der Waals surface area contributed by atoms with Gasteiger partial charge in [-0.1, -0.05) is 66.7 Å². The Morgan fingerprint density at radius 2 is 1.62 bits per heavy atom. The lowest BCUT2D eigenvalue weighted by atomic mass is 9.95. The molecular weight excluding hydrogens is 408 g/mol. The molecule has 0 aromatic heterocycles. The summed E-state index contributed by atoms with van der Waals surface area (Å²) in [6, 6.07) is 22.4. The van der Waals surface area contributed by atoms with E-state index in [0.717, 1.165) is 5.56 Å². The lowest BCUT2D eigenvalue weighted by Crippen LogP contribution is -2.30. The number of non-ortho nitro benzene ring substituents is 1. The van der Waals surface area contributed by atoms with Crippen molar-refractivity contribution in [2.75, 3.05) is 4.90 Å². The van der Waals surface area contributed by atoms with Crippen molar-refractivity contribution in [3.05, 3.63) is 124 Å². The van der Waals surface area contributed by atoms with Crippen molar-refractivity contribution in [2.45, 2.75) is 6.04 Å². The number of nitrogens with zero attached hydrogens (tertiary/aromatic N) is 2. The number of nitro benzene ring substituents is 1. The first kappa shape index (κ1) is 20.7. The Morgan fingerprint density at radius 3 is 2.28 bits per heavy atom. The van der Waals surface area contributed by atoms with E-state index in [9.17, 15) is 24.8 Å². The van der Waals surface area contributed by atoms with Gasteiger partial charge in [-0.15, -0.1) is 0 Å². The van der Waals surface area contributed by atoms with Crippen LogP contribution in [0.5, 0.6) is 0 Å². The van der Waals surface area contributed by atoms with Crippen LogP contribution in [-0.4, -0.2) is 21.7 Å². The third-order valence-electron chi connectivity index (χ3n) is 5.13. The Hall–Kier alpha value is -4.52. The molecule has 0 fully saturated rings. The molecule has 1 aliphatic heterocycles. The van der Waals surface area contributed by atoms with E-state index < -0.39 is 28.4 Å². The van der Waals surface area contributed by atoms with Gasteiger partial charge in [-0.25, -0.2) is 0 Å². The molecule has 1 amide bonds. The monoisotopic (exact) mass is 426 g/mol. The van der Waals surface area contributed by atoms with Gasteiger partial charge in [0.15, 0.2) is 11.5 Å². The van der Waals surface area contributed by atoms with Gasteiger partial charge in [-0.05, 0) is 29.3 Å². The van der Waals surface area contributed by atoms with Gasteiger partial charge >= 0.3 is 0 Å². The Kier molecular flexibility index (Phi) is 5.63. The number of hydrogen-bond acceptors (Lipinski definition) is 5. The maximum atomic E-state index is 13.1. The summed E-state index contributed by atoms with van der Waals surface area (Å²) in [7, 11) is 0. The zero-order valence-electron chi connectivity index (χ0n) is 16.8. The van der Waals surface area contributed by atoms with Crippen LogP contribution >= 0.6 is 0 Å². The number of amides is 1. The van der Waals surface area contributed by atoms with Gasteiger partial charge in [0.2, 0.25) is 0 Å². The molecule has 0 saturated heterocycles. The maximum Gasteiger partial charge on any atom is 0.294 e. The highest BCUT2D eigenvalue weighted by Gasteiger charge is 2.44. The first-order chi connectivity index (χ1) is 15.5. The molecule has 1 atom stereocenters. The Labute approximate surface area is 183 Å². The van der Waals surface area contributed by atoms with Crippen LogP contribution in [0.25, 0.3) is 6.08 Å². The number of para-hydroxylation sites is 1. The summed E-state index contributed by atoms with van der Waals surface area (Å²) in [4.78, 5) is 38.2. The van der Waals surface area contributed by atoms with Crippen molar-refractivity contribution in [1.82, 2.24) is 0 Å². The second-order valence-corrected chi connectivity index (χ2v) is 7.14. The van der Waals surface area contributed by atoms with Gasteiger partial charge < -0.3 is 5.11 Å². The van der Waals surface area contributed by atoms with Crippen LogP contribution in [0.4, 0.5) is 11.4 Å². The highest BCUT2D eigenvalue weighted by molar-refractivity contribution is 6.19. The number of anilines is 1. The standard InChI is InChI=1S/C25H18N2O5/c28-21(15-14-17-8-3-1-4-9-17)22-23(18-10-7-13-20(16-18)27(31)32)26(25(30)24(22)29)19-11-5-2-6-12-19/h1-16,23,29H/b15-14+/t23-/m0/s1. The number of nitro groups is 1. The number of carbonyl (C=O) groups excluding carboxylic acids is 2. The largest absolute Gasteiger partial charge is 0.503 e. The molecule has 0 aliphatic carbocycles. The molecule has 0 unspecified atom stereocenters. The van der Waals surface area contributed by atoms with Crippen molar-refractivity contribution >= 4 is 29.1 Å². The number of carbonyl (C=O) groups is 2. The minimum Gasteiger partial charge on any atom is -0.503 e. The molecular formula is C25H18N2O5. The van der Waals surface area contributed by atoms with Gasteiger partial charge in [0.25, 0.3) is 11.6 Å². The second-order valence-electron chi connectivity index (χ2n) is 7.14. The molecule has 1 heterocycles. The Balaban J connectivity index is 1.82. The lowest BCUT2D eigenvalue weighted by molar-refractivity contribution is -0.384. The normalized spacial score (nSPS) is 16.1. The molecule has 0 spiro atoms. The summed E-state index contributed by atoms with van der Waals surface area (Å²) in [6.07, 6.45) is 2.87. The first-order valence-electron chi connectivity index (χ1n) is 9.81. The fraction of sp³-hybridized carbons (Fsp3) is 0.0400. The zero-order valence-corrected chi connectivity index (χ0v) is 16.8. The van der Waals surface area contributed by atoms with Gasteiger partial charge in [-0.2, -0.15) is 0 Å². The zero-order chi connectivity index (χ0) is 22.7. The summed E-state index contributed by atoms with van der Waals surface area (Å²) < 4.78 is 0. The molecule has 0 saturated carbocycles. The van der Waals surface area contributed by atoms with Crippen molar-refractivity contribution in [1.29, 1.82) is 0 Å².